The maximum Gasteiger partial charge on any atom is 0.400 e. The molecule has 1 heterocycles. The van der Waals surface area contributed by atoms with Crippen LogP contribution in [0.5, 0.6) is 5.75 Å². The third-order valence-corrected chi connectivity index (χ3v) is 7.29. The van der Waals surface area contributed by atoms with Crippen molar-refractivity contribution in [2.45, 2.75) is 104 Å². The summed E-state index contributed by atoms with van der Waals surface area (Å²) in [5.41, 5.74) is 0.555. The number of ether oxygens (including phenoxy) is 2. The highest BCUT2D eigenvalue weighted by atomic mass is 19.3. The van der Waals surface area contributed by atoms with Crippen LogP contribution in [0.15, 0.2) is 24.3 Å². The lowest BCUT2D eigenvalue weighted by atomic mass is 9.86. The minimum absolute atomic E-state index is 0.206. The number of nitrogens with zero attached hydrogens (tertiary/aromatic N) is 1. The predicted molar refractivity (Wildman–Crippen MR) is 131 cm³/mol. The topological polar surface area (TPSA) is 38.8 Å². The SMILES string of the molecule is CCCCCc1ccc(OC(F)(F)C2CCC(OC(=O)C(C)(C)CN3CCCCC3)CC2)cc1. The van der Waals surface area contributed by atoms with Gasteiger partial charge in [0.25, 0.3) is 0 Å². The van der Waals surface area contributed by atoms with Gasteiger partial charge in [-0.2, -0.15) is 8.78 Å². The van der Waals surface area contributed by atoms with E-state index < -0.39 is 17.4 Å². The standard InChI is InChI=1S/C28H43F2NO3/c1-4-5-7-10-22-11-15-25(16-12-22)34-28(29,30)23-13-17-24(18-14-23)33-26(32)27(2,3)21-31-19-8-6-9-20-31/h11-12,15-16,23-24H,4-10,13-14,17-21H2,1-3H3. The normalized spacial score (nSPS) is 22.4. The first-order valence-corrected chi connectivity index (χ1v) is 13.3. The summed E-state index contributed by atoms with van der Waals surface area (Å²) in [6.07, 6.45) is 5.95. The highest BCUT2D eigenvalue weighted by Crippen LogP contribution is 2.39. The summed E-state index contributed by atoms with van der Waals surface area (Å²) in [6.45, 7) is 8.74. The van der Waals surface area contributed by atoms with Gasteiger partial charge in [0.15, 0.2) is 0 Å². The molecule has 0 spiro atoms. The highest BCUT2D eigenvalue weighted by Gasteiger charge is 2.45. The molecule has 2 fully saturated rings. The van der Waals surface area contributed by atoms with Crippen LogP contribution < -0.4 is 4.74 Å². The monoisotopic (exact) mass is 479 g/mol. The molecule has 192 valence electrons. The molecular weight excluding hydrogens is 436 g/mol. The van der Waals surface area contributed by atoms with Crippen LogP contribution in [0.25, 0.3) is 0 Å². The number of piperidine rings is 1. The molecule has 0 unspecified atom stereocenters. The third-order valence-electron chi connectivity index (χ3n) is 7.29. The molecule has 2 aliphatic rings. The van der Waals surface area contributed by atoms with Crippen molar-refractivity contribution in [2.24, 2.45) is 11.3 Å². The number of alkyl halides is 2. The summed E-state index contributed by atoms with van der Waals surface area (Å²) in [5.74, 6) is -0.881. The maximum atomic E-state index is 14.8. The number of unbranched alkanes of at least 4 members (excludes halogenated alkanes) is 2. The fourth-order valence-corrected chi connectivity index (χ4v) is 5.11. The molecule has 4 nitrogen and oxygen atoms in total. The van der Waals surface area contributed by atoms with Crippen molar-refractivity contribution in [1.29, 1.82) is 0 Å². The summed E-state index contributed by atoms with van der Waals surface area (Å²) in [5, 5.41) is 0. The number of likely N-dealkylation sites (tertiary alicyclic amines) is 1. The number of carbonyl (C=O) groups excluding carboxylic acids is 1. The fourth-order valence-electron chi connectivity index (χ4n) is 5.11. The molecule has 34 heavy (non-hydrogen) atoms. The molecule has 0 N–H and O–H groups in total. The number of rotatable bonds is 11. The Morgan fingerprint density at radius 1 is 1.00 bits per heavy atom. The van der Waals surface area contributed by atoms with Gasteiger partial charge in [0, 0.05) is 6.54 Å². The maximum absolute atomic E-state index is 14.8. The number of aryl methyl sites for hydroxylation is 1. The Kier molecular flexibility index (Phi) is 9.75. The van der Waals surface area contributed by atoms with Crippen LogP contribution in [0.3, 0.4) is 0 Å². The van der Waals surface area contributed by atoms with Gasteiger partial charge in [0.05, 0.1) is 11.3 Å². The van der Waals surface area contributed by atoms with Gasteiger partial charge in [-0.3, -0.25) is 4.79 Å². The molecule has 6 heteroatoms. The minimum Gasteiger partial charge on any atom is -0.462 e. The number of hydrogen-bond acceptors (Lipinski definition) is 4. The molecule has 3 rings (SSSR count). The Morgan fingerprint density at radius 2 is 1.65 bits per heavy atom. The molecule has 0 bridgehead atoms. The van der Waals surface area contributed by atoms with Crippen molar-refractivity contribution in [2.75, 3.05) is 19.6 Å². The van der Waals surface area contributed by atoms with E-state index in [2.05, 4.69) is 11.8 Å². The Balaban J connectivity index is 1.44. The molecule has 1 saturated carbocycles. The third kappa shape index (κ3) is 7.93. The molecule has 1 aromatic carbocycles. The van der Waals surface area contributed by atoms with Crippen molar-refractivity contribution in [3.05, 3.63) is 29.8 Å². The van der Waals surface area contributed by atoms with Gasteiger partial charge in [-0.15, -0.1) is 0 Å². The smallest absolute Gasteiger partial charge is 0.400 e. The summed E-state index contributed by atoms with van der Waals surface area (Å²) < 4.78 is 40.6. The van der Waals surface area contributed by atoms with E-state index in [0.29, 0.717) is 19.4 Å². The van der Waals surface area contributed by atoms with Crippen molar-refractivity contribution in [3.63, 3.8) is 0 Å². The van der Waals surface area contributed by atoms with Crippen LogP contribution >= 0.6 is 0 Å². The lowest BCUT2D eigenvalue weighted by molar-refractivity contribution is -0.226. The first-order chi connectivity index (χ1) is 16.2. The van der Waals surface area contributed by atoms with E-state index in [4.69, 9.17) is 9.47 Å². The Morgan fingerprint density at radius 3 is 2.26 bits per heavy atom. The van der Waals surface area contributed by atoms with Crippen molar-refractivity contribution >= 4 is 5.97 Å². The number of hydrogen-bond donors (Lipinski definition) is 0. The lowest BCUT2D eigenvalue weighted by Crippen LogP contribution is -2.44. The van der Waals surface area contributed by atoms with Gasteiger partial charge in [-0.1, -0.05) is 38.3 Å². The van der Waals surface area contributed by atoms with Gasteiger partial charge in [0.1, 0.15) is 11.9 Å². The molecule has 1 aliphatic carbocycles. The molecule has 0 radical (unpaired) electrons. The van der Waals surface area contributed by atoms with E-state index in [1.165, 1.54) is 25.7 Å². The Bertz CT molecular complexity index is 751. The van der Waals surface area contributed by atoms with Gasteiger partial charge >= 0.3 is 12.1 Å². The van der Waals surface area contributed by atoms with E-state index in [-0.39, 0.29) is 30.7 Å². The van der Waals surface area contributed by atoms with Crippen LogP contribution in [-0.4, -0.2) is 42.7 Å². The number of carbonyl (C=O) groups is 1. The van der Waals surface area contributed by atoms with E-state index in [9.17, 15) is 13.6 Å². The van der Waals surface area contributed by atoms with Crippen molar-refractivity contribution in [3.8, 4) is 5.75 Å². The Labute approximate surface area is 204 Å². The quantitative estimate of drug-likeness (QED) is 0.253. The zero-order valence-electron chi connectivity index (χ0n) is 21.3. The summed E-state index contributed by atoms with van der Waals surface area (Å²) in [4.78, 5) is 15.1. The van der Waals surface area contributed by atoms with Crippen LogP contribution in [0, 0.1) is 11.3 Å². The fraction of sp³-hybridized carbons (Fsp3) is 0.750. The predicted octanol–water partition coefficient (Wildman–Crippen LogP) is 7.01. The molecule has 1 aliphatic heterocycles. The average Bonchev–Trinajstić information content (AvgIpc) is 2.81. The van der Waals surface area contributed by atoms with Gasteiger partial charge in [-0.05, 0) is 96.0 Å². The van der Waals surface area contributed by atoms with Crippen LogP contribution in [-0.2, 0) is 16.0 Å². The zero-order valence-corrected chi connectivity index (χ0v) is 21.3. The summed E-state index contributed by atoms with van der Waals surface area (Å²) in [6, 6.07) is 7.05. The number of esters is 1. The average molecular weight is 480 g/mol. The van der Waals surface area contributed by atoms with E-state index >= 15 is 0 Å². The first kappa shape index (κ1) is 26.9. The Hall–Kier alpha value is -1.69. The van der Waals surface area contributed by atoms with Crippen LogP contribution in [0.4, 0.5) is 8.78 Å². The van der Waals surface area contributed by atoms with Crippen LogP contribution in [0.2, 0.25) is 0 Å². The van der Waals surface area contributed by atoms with Gasteiger partial charge < -0.3 is 14.4 Å². The van der Waals surface area contributed by atoms with Crippen LogP contribution in [0.1, 0.15) is 90.5 Å². The number of benzene rings is 1. The second-order valence-corrected chi connectivity index (χ2v) is 10.9. The van der Waals surface area contributed by atoms with Gasteiger partial charge in [0.2, 0.25) is 0 Å². The molecule has 0 amide bonds. The molecule has 0 atom stereocenters. The minimum atomic E-state index is -3.23. The van der Waals surface area contributed by atoms with Gasteiger partial charge in [-0.25, -0.2) is 0 Å². The molecule has 1 saturated heterocycles. The summed E-state index contributed by atoms with van der Waals surface area (Å²) >= 11 is 0. The molecular formula is C28H43F2NO3. The largest absolute Gasteiger partial charge is 0.462 e. The molecule has 0 aromatic heterocycles. The van der Waals surface area contributed by atoms with Crippen molar-refractivity contribution in [1.82, 2.24) is 4.90 Å². The highest BCUT2D eigenvalue weighted by molar-refractivity contribution is 5.76. The second kappa shape index (κ2) is 12.3. The second-order valence-electron chi connectivity index (χ2n) is 10.9. The van der Waals surface area contributed by atoms with E-state index in [1.807, 2.05) is 26.0 Å². The van der Waals surface area contributed by atoms with E-state index in [0.717, 1.165) is 37.9 Å². The summed E-state index contributed by atoms with van der Waals surface area (Å²) in [7, 11) is 0. The number of halogens is 2. The molecule has 1 aromatic rings. The van der Waals surface area contributed by atoms with Crippen molar-refractivity contribution < 1.29 is 23.0 Å². The zero-order chi connectivity index (χ0) is 24.6. The lowest BCUT2D eigenvalue weighted by Gasteiger charge is -2.36. The first-order valence-electron chi connectivity index (χ1n) is 13.3. The van der Waals surface area contributed by atoms with E-state index in [1.54, 1.807) is 12.1 Å².